The van der Waals surface area contributed by atoms with Crippen molar-refractivity contribution in [2.24, 2.45) is 0 Å². The molecule has 0 aliphatic carbocycles. The van der Waals surface area contributed by atoms with E-state index in [-0.39, 0.29) is 12.5 Å². The molecule has 0 unspecified atom stereocenters. The van der Waals surface area contributed by atoms with Crippen molar-refractivity contribution in [1.29, 1.82) is 0 Å². The van der Waals surface area contributed by atoms with Gasteiger partial charge < -0.3 is 9.88 Å². The van der Waals surface area contributed by atoms with Crippen LogP contribution in [-0.4, -0.2) is 35.4 Å². The number of rotatable bonds is 4. The standard InChI is InChI=1S/C21H21N7O/c29-19(14-28-20-16(13-23-28)7-5-10-22-20)24-17-8-4-6-15(12-17)21-26-25-18-9-2-1-3-11-27(18)21/h4-8,10,12-13H,1-3,9,11,14H2,(H,24,29). The maximum Gasteiger partial charge on any atom is 0.246 e. The number of carbonyl (C=O) groups is 1. The van der Waals surface area contributed by atoms with E-state index in [0.717, 1.165) is 54.1 Å². The van der Waals surface area contributed by atoms with Crippen molar-refractivity contribution in [2.75, 3.05) is 5.32 Å². The van der Waals surface area contributed by atoms with Crippen LogP contribution in [0.15, 0.2) is 48.8 Å². The number of pyridine rings is 1. The molecule has 1 N–H and O–H groups in total. The van der Waals surface area contributed by atoms with Crippen LogP contribution < -0.4 is 5.32 Å². The summed E-state index contributed by atoms with van der Waals surface area (Å²) in [6, 6.07) is 11.5. The maximum absolute atomic E-state index is 12.6. The van der Waals surface area contributed by atoms with Crippen LogP contribution in [0.25, 0.3) is 22.4 Å². The number of fused-ring (bicyclic) bond motifs is 2. The predicted molar refractivity (Wildman–Crippen MR) is 109 cm³/mol. The molecule has 0 bridgehead atoms. The van der Waals surface area contributed by atoms with E-state index in [4.69, 9.17) is 0 Å². The first kappa shape index (κ1) is 17.5. The van der Waals surface area contributed by atoms with E-state index in [1.165, 1.54) is 6.42 Å². The highest BCUT2D eigenvalue weighted by molar-refractivity contribution is 5.92. The summed E-state index contributed by atoms with van der Waals surface area (Å²) in [6.45, 7) is 1.04. The van der Waals surface area contributed by atoms with Gasteiger partial charge in [0.05, 0.1) is 6.20 Å². The van der Waals surface area contributed by atoms with Gasteiger partial charge in [-0.2, -0.15) is 5.10 Å². The fraction of sp³-hybridized carbons (Fsp3) is 0.286. The smallest absolute Gasteiger partial charge is 0.246 e. The Hall–Kier alpha value is -3.55. The number of nitrogens with zero attached hydrogens (tertiary/aromatic N) is 6. The van der Waals surface area contributed by atoms with Crippen molar-refractivity contribution in [3.8, 4) is 11.4 Å². The Morgan fingerprint density at radius 1 is 1.10 bits per heavy atom. The van der Waals surface area contributed by atoms with Gasteiger partial charge in [-0.25, -0.2) is 9.67 Å². The summed E-state index contributed by atoms with van der Waals surface area (Å²) >= 11 is 0. The van der Waals surface area contributed by atoms with E-state index in [1.807, 2.05) is 36.4 Å². The average Bonchev–Trinajstić information content (AvgIpc) is 3.25. The Balaban J connectivity index is 1.35. The molecule has 8 nitrogen and oxygen atoms in total. The first-order valence-corrected chi connectivity index (χ1v) is 9.87. The quantitative estimate of drug-likeness (QED) is 0.581. The van der Waals surface area contributed by atoms with Crippen LogP contribution in [0, 0.1) is 0 Å². The fourth-order valence-electron chi connectivity index (χ4n) is 3.80. The Bertz CT molecular complexity index is 1180. The van der Waals surface area contributed by atoms with Crippen LogP contribution in [0.4, 0.5) is 5.69 Å². The van der Waals surface area contributed by atoms with Crippen LogP contribution in [0.1, 0.15) is 25.1 Å². The number of aromatic nitrogens is 6. The molecule has 1 amide bonds. The largest absolute Gasteiger partial charge is 0.324 e. The number of anilines is 1. The van der Waals surface area contributed by atoms with Crippen molar-refractivity contribution < 1.29 is 4.79 Å². The molecule has 3 aromatic heterocycles. The third kappa shape index (κ3) is 3.49. The van der Waals surface area contributed by atoms with Gasteiger partial charge in [-0.05, 0) is 37.1 Å². The van der Waals surface area contributed by atoms with Crippen LogP contribution in [0.2, 0.25) is 0 Å². The summed E-state index contributed by atoms with van der Waals surface area (Å²) in [5.74, 6) is 1.75. The zero-order valence-corrected chi connectivity index (χ0v) is 16.0. The number of nitrogens with one attached hydrogen (secondary N) is 1. The summed E-state index contributed by atoms with van der Waals surface area (Å²) < 4.78 is 3.81. The lowest BCUT2D eigenvalue weighted by Gasteiger charge is -2.10. The summed E-state index contributed by atoms with van der Waals surface area (Å²) in [6.07, 6.45) is 7.90. The summed E-state index contributed by atoms with van der Waals surface area (Å²) in [5, 5.41) is 16.9. The Kier molecular flexibility index (Phi) is 4.51. The van der Waals surface area contributed by atoms with E-state index >= 15 is 0 Å². The van der Waals surface area contributed by atoms with Crippen molar-refractivity contribution in [1.82, 2.24) is 29.5 Å². The second kappa shape index (κ2) is 7.46. The summed E-state index contributed by atoms with van der Waals surface area (Å²) in [5.41, 5.74) is 2.38. The highest BCUT2D eigenvalue weighted by atomic mass is 16.2. The molecule has 5 rings (SSSR count). The van der Waals surface area contributed by atoms with Gasteiger partial charge in [0.2, 0.25) is 5.91 Å². The summed E-state index contributed by atoms with van der Waals surface area (Å²) in [7, 11) is 0. The minimum Gasteiger partial charge on any atom is -0.324 e. The normalized spacial score (nSPS) is 13.8. The molecule has 4 aromatic rings. The zero-order chi connectivity index (χ0) is 19.6. The Labute approximate surface area is 167 Å². The van der Waals surface area contributed by atoms with Crippen LogP contribution in [0.3, 0.4) is 0 Å². The lowest BCUT2D eigenvalue weighted by Crippen LogP contribution is -2.19. The molecule has 0 fully saturated rings. The van der Waals surface area contributed by atoms with Gasteiger partial charge in [0, 0.05) is 35.8 Å². The SMILES string of the molecule is O=C(Cn1ncc2cccnc21)Nc1cccc(-c2nnc3n2CCCCC3)c1. The lowest BCUT2D eigenvalue weighted by atomic mass is 10.2. The van der Waals surface area contributed by atoms with Gasteiger partial charge in [-0.1, -0.05) is 18.6 Å². The predicted octanol–water partition coefficient (Wildman–Crippen LogP) is 3.05. The van der Waals surface area contributed by atoms with E-state index < -0.39 is 0 Å². The molecule has 0 saturated heterocycles. The molecule has 146 valence electrons. The van der Waals surface area contributed by atoms with Gasteiger partial charge >= 0.3 is 0 Å². The number of hydrogen-bond acceptors (Lipinski definition) is 5. The third-order valence-corrected chi connectivity index (χ3v) is 5.20. The van der Waals surface area contributed by atoms with Crippen LogP contribution in [0.5, 0.6) is 0 Å². The number of amides is 1. The van der Waals surface area contributed by atoms with Gasteiger partial charge in [0.15, 0.2) is 11.5 Å². The van der Waals surface area contributed by atoms with E-state index in [0.29, 0.717) is 5.65 Å². The molecular formula is C21H21N7O. The van der Waals surface area contributed by atoms with Gasteiger partial charge in [0.25, 0.3) is 0 Å². The van der Waals surface area contributed by atoms with Crippen molar-refractivity contribution >= 4 is 22.6 Å². The van der Waals surface area contributed by atoms with E-state index in [9.17, 15) is 4.79 Å². The number of aryl methyl sites for hydroxylation is 1. The molecule has 8 heteroatoms. The van der Waals surface area contributed by atoms with Crippen molar-refractivity contribution in [2.45, 2.75) is 38.8 Å². The Morgan fingerprint density at radius 3 is 3.03 bits per heavy atom. The molecule has 29 heavy (non-hydrogen) atoms. The molecule has 0 atom stereocenters. The molecule has 1 aliphatic rings. The number of carbonyl (C=O) groups excluding carboxylic acids is 1. The number of benzene rings is 1. The fourth-order valence-corrected chi connectivity index (χ4v) is 3.80. The molecule has 0 spiro atoms. The molecule has 1 aliphatic heterocycles. The first-order chi connectivity index (χ1) is 14.3. The lowest BCUT2D eigenvalue weighted by molar-refractivity contribution is -0.116. The minimum atomic E-state index is -0.155. The van der Waals surface area contributed by atoms with Gasteiger partial charge in [-0.3, -0.25) is 4.79 Å². The first-order valence-electron chi connectivity index (χ1n) is 9.87. The zero-order valence-electron chi connectivity index (χ0n) is 16.0. The molecule has 1 aromatic carbocycles. The van der Waals surface area contributed by atoms with Crippen LogP contribution in [-0.2, 0) is 24.3 Å². The molecule has 4 heterocycles. The van der Waals surface area contributed by atoms with Crippen molar-refractivity contribution in [3.63, 3.8) is 0 Å². The summed E-state index contributed by atoms with van der Waals surface area (Å²) in [4.78, 5) is 16.9. The van der Waals surface area contributed by atoms with Gasteiger partial charge in [-0.15, -0.1) is 10.2 Å². The second-order valence-corrected chi connectivity index (χ2v) is 7.25. The number of hydrogen-bond donors (Lipinski definition) is 1. The average molecular weight is 387 g/mol. The molecular weight excluding hydrogens is 366 g/mol. The maximum atomic E-state index is 12.6. The van der Waals surface area contributed by atoms with E-state index in [1.54, 1.807) is 17.1 Å². The highest BCUT2D eigenvalue weighted by Crippen LogP contribution is 2.25. The van der Waals surface area contributed by atoms with Crippen molar-refractivity contribution in [3.05, 3.63) is 54.6 Å². The van der Waals surface area contributed by atoms with E-state index in [2.05, 4.69) is 30.2 Å². The van der Waals surface area contributed by atoms with Gasteiger partial charge in [0.1, 0.15) is 12.4 Å². The molecule has 0 saturated carbocycles. The second-order valence-electron chi connectivity index (χ2n) is 7.25. The Morgan fingerprint density at radius 2 is 2.07 bits per heavy atom. The van der Waals surface area contributed by atoms with Crippen LogP contribution >= 0.6 is 0 Å². The topological polar surface area (TPSA) is 90.5 Å². The highest BCUT2D eigenvalue weighted by Gasteiger charge is 2.16. The molecule has 0 radical (unpaired) electrons. The minimum absolute atomic E-state index is 0.102. The monoisotopic (exact) mass is 387 g/mol. The third-order valence-electron chi connectivity index (χ3n) is 5.20.